The molecule has 2 rings (SSSR count). The summed E-state index contributed by atoms with van der Waals surface area (Å²) in [5, 5.41) is 19.9. The minimum absolute atomic E-state index is 0.0270. The zero-order valence-corrected chi connectivity index (χ0v) is 9.21. The highest BCUT2D eigenvalue weighted by Gasteiger charge is 2.32. The molecule has 0 aromatic carbocycles. The Balaban J connectivity index is 1.89. The number of amides is 2. The number of carbonyl (C=O) groups excluding carboxylic acids is 1. The van der Waals surface area contributed by atoms with E-state index in [0.717, 1.165) is 37.4 Å². The fraction of sp³-hybridized carbons (Fsp3) is 0.900. The van der Waals surface area contributed by atoms with Crippen LogP contribution in [0.1, 0.15) is 19.3 Å². The zero-order valence-electron chi connectivity index (χ0n) is 9.21. The summed E-state index contributed by atoms with van der Waals surface area (Å²) in [6.45, 7) is 1.51. The third-order valence-corrected chi connectivity index (χ3v) is 3.04. The van der Waals surface area contributed by atoms with Crippen molar-refractivity contribution in [2.45, 2.75) is 31.5 Å². The standard InChI is InChI=1S/C10H18N2O4/c13-8-6-12(16-7-9(8)14)10(15)11-4-2-1-3-5-11/h8-9,13-14H,1-7H2/t8-,9+/m0/s1. The molecule has 6 heteroatoms. The van der Waals surface area contributed by atoms with Gasteiger partial charge in [0, 0.05) is 13.1 Å². The van der Waals surface area contributed by atoms with Crippen molar-refractivity contribution in [2.75, 3.05) is 26.2 Å². The predicted molar refractivity (Wildman–Crippen MR) is 55.5 cm³/mol. The molecule has 0 aliphatic carbocycles. The lowest BCUT2D eigenvalue weighted by atomic mass is 10.1. The number of aliphatic hydroxyl groups excluding tert-OH is 2. The van der Waals surface area contributed by atoms with Gasteiger partial charge in [0.15, 0.2) is 0 Å². The van der Waals surface area contributed by atoms with E-state index in [-0.39, 0.29) is 19.2 Å². The number of hydroxylamine groups is 2. The van der Waals surface area contributed by atoms with Crippen molar-refractivity contribution in [1.82, 2.24) is 9.96 Å². The number of hydrogen-bond acceptors (Lipinski definition) is 4. The second-order valence-electron chi connectivity index (χ2n) is 4.32. The smallest absolute Gasteiger partial charge is 0.344 e. The van der Waals surface area contributed by atoms with Crippen LogP contribution in [0.5, 0.6) is 0 Å². The van der Waals surface area contributed by atoms with Gasteiger partial charge in [-0.15, -0.1) is 0 Å². The molecule has 2 heterocycles. The predicted octanol–water partition coefficient (Wildman–Crippen LogP) is -0.439. The Morgan fingerprint density at radius 2 is 1.81 bits per heavy atom. The van der Waals surface area contributed by atoms with E-state index in [1.54, 1.807) is 4.90 Å². The maximum Gasteiger partial charge on any atom is 0.344 e. The Bertz CT molecular complexity index is 255. The zero-order chi connectivity index (χ0) is 11.5. The molecule has 0 saturated carbocycles. The summed E-state index contributed by atoms with van der Waals surface area (Å²) in [4.78, 5) is 18.8. The van der Waals surface area contributed by atoms with Crippen molar-refractivity contribution in [3.8, 4) is 0 Å². The summed E-state index contributed by atoms with van der Waals surface area (Å²) in [6, 6.07) is -0.203. The lowest BCUT2D eigenvalue weighted by Gasteiger charge is -2.36. The van der Waals surface area contributed by atoms with Crippen LogP contribution in [0.25, 0.3) is 0 Å². The normalized spacial score (nSPS) is 31.6. The van der Waals surface area contributed by atoms with E-state index >= 15 is 0 Å². The van der Waals surface area contributed by atoms with Crippen LogP contribution >= 0.6 is 0 Å². The highest BCUT2D eigenvalue weighted by atomic mass is 16.7. The van der Waals surface area contributed by atoms with Gasteiger partial charge in [-0.3, -0.25) is 4.84 Å². The molecule has 2 fully saturated rings. The minimum atomic E-state index is -0.914. The lowest BCUT2D eigenvalue weighted by Crippen LogP contribution is -2.54. The second-order valence-corrected chi connectivity index (χ2v) is 4.32. The van der Waals surface area contributed by atoms with Gasteiger partial charge in [-0.1, -0.05) is 0 Å². The molecule has 6 nitrogen and oxygen atoms in total. The molecule has 2 aliphatic rings. The first-order valence-electron chi connectivity index (χ1n) is 5.74. The Morgan fingerprint density at radius 1 is 1.12 bits per heavy atom. The van der Waals surface area contributed by atoms with E-state index in [2.05, 4.69) is 0 Å². The highest BCUT2D eigenvalue weighted by Crippen LogP contribution is 2.15. The monoisotopic (exact) mass is 230 g/mol. The number of likely N-dealkylation sites (tertiary alicyclic amines) is 1. The van der Waals surface area contributed by atoms with Crippen molar-refractivity contribution < 1.29 is 19.8 Å². The van der Waals surface area contributed by atoms with Crippen LogP contribution in [-0.2, 0) is 4.84 Å². The molecule has 92 valence electrons. The highest BCUT2D eigenvalue weighted by molar-refractivity contribution is 5.73. The van der Waals surface area contributed by atoms with Crippen molar-refractivity contribution in [3.63, 3.8) is 0 Å². The summed E-state index contributed by atoms with van der Waals surface area (Å²) in [6.07, 6.45) is 1.38. The fourth-order valence-electron chi connectivity index (χ4n) is 2.00. The molecule has 16 heavy (non-hydrogen) atoms. The Kier molecular flexibility index (Phi) is 3.63. The topological polar surface area (TPSA) is 73.2 Å². The van der Waals surface area contributed by atoms with E-state index in [1.807, 2.05) is 0 Å². The minimum Gasteiger partial charge on any atom is -0.388 e. The molecule has 0 spiro atoms. The van der Waals surface area contributed by atoms with Crippen LogP contribution in [0.4, 0.5) is 4.79 Å². The van der Waals surface area contributed by atoms with Gasteiger partial charge in [-0.05, 0) is 19.3 Å². The second kappa shape index (κ2) is 4.99. The van der Waals surface area contributed by atoms with Crippen molar-refractivity contribution in [3.05, 3.63) is 0 Å². The van der Waals surface area contributed by atoms with Gasteiger partial charge in [-0.2, -0.15) is 0 Å². The SMILES string of the molecule is O=C(N1CCCCC1)N1C[C@H](O)[C@H](O)CO1. The molecule has 0 aromatic heterocycles. The molecular formula is C10H18N2O4. The summed E-state index contributed by atoms with van der Waals surface area (Å²) < 4.78 is 0. The van der Waals surface area contributed by atoms with Crippen LogP contribution < -0.4 is 0 Å². The van der Waals surface area contributed by atoms with Crippen molar-refractivity contribution in [1.29, 1.82) is 0 Å². The summed E-state index contributed by atoms with van der Waals surface area (Å²) in [5.74, 6) is 0. The summed E-state index contributed by atoms with van der Waals surface area (Å²) in [5.41, 5.74) is 0. The molecule has 0 bridgehead atoms. The van der Waals surface area contributed by atoms with Gasteiger partial charge in [0.25, 0.3) is 0 Å². The summed E-state index contributed by atoms with van der Waals surface area (Å²) >= 11 is 0. The fourth-order valence-corrected chi connectivity index (χ4v) is 2.00. The molecule has 2 saturated heterocycles. The van der Waals surface area contributed by atoms with Crippen LogP contribution in [0.2, 0.25) is 0 Å². The van der Waals surface area contributed by atoms with E-state index in [9.17, 15) is 15.0 Å². The largest absolute Gasteiger partial charge is 0.388 e. The molecular weight excluding hydrogens is 212 g/mol. The number of aliphatic hydroxyl groups is 2. The maximum absolute atomic E-state index is 11.9. The van der Waals surface area contributed by atoms with Crippen LogP contribution in [-0.4, -0.2) is 64.7 Å². The molecule has 2 atom stereocenters. The van der Waals surface area contributed by atoms with Crippen molar-refractivity contribution in [2.24, 2.45) is 0 Å². The van der Waals surface area contributed by atoms with Crippen LogP contribution in [0.15, 0.2) is 0 Å². The third-order valence-electron chi connectivity index (χ3n) is 3.04. The van der Waals surface area contributed by atoms with E-state index in [4.69, 9.17) is 4.84 Å². The van der Waals surface area contributed by atoms with E-state index < -0.39 is 12.2 Å². The first-order chi connectivity index (χ1) is 7.68. The van der Waals surface area contributed by atoms with Crippen molar-refractivity contribution >= 4 is 6.03 Å². The number of hydrogen-bond donors (Lipinski definition) is 2. The quantitative estimate of drug-likeness (QED) is 0.592. The van der Waals surface area contributed by atoms with Gasteiger partial charge >= 0.3 is 6.03 Å². The number of rotatable bonds is 0. The molecule has 0 radical (unpaired) electrons. The molecule has 0 unspecified atom stereocenters. The van der Waals surface area contributed by atoms with E-state index in [0.29, 0.717) is 0 Å². The van der Waals surface area contributed by atoms with Gasteiger partial charge < -0.3 is 15.1 Å². The Morgan fingerprint density at radius 3 is 2.44 bits per heavy atom. The lowest BCUT2D eigenvalue weighted by molar-refractivity contribution is -0.215. The average Bonchev–Trinajstić information content (AvgIpc) is 2.33. The number of urea groups is 1. The third kappa shape index (κ3) is 2.45. The number of β-amino-alcohol motifs (C(OH)–C–C–N with tert-alkyl or cyclic N) is 1. The van der Waals surface area contributed by atoms with Gasteiger partial charge in [0.2, 0.25) is 0 Å². The molecule has 2 N–H and O–H groups in total. The maximum atomic E-state index is 11.9. The average molecular weight is 230 g/mol. The van der Waals surface area contributed by atoms with Gasteiger partial charge in [-0.25, -0.2) is 9.86 Å². The summed E-state index contributed by atoms with van der Waals surface area (Å²) in [7, 11) is 0. The first-order valence-corrected chi connectivity index (χ1v) is 5.74. The number of nitrogens with zero attached hydrogens (tertiary/aromatic N) is 2. The van der Waals surface area contributed by atoms with E-state index in [1.165, 1.54) is 0 Å². The van der Waals surface area contributed by atoms with Crippen LogP contribution in [0.3, 0.4) is 0 Å². The van der Waals surface area contributed by atoms with Crippen LogP contribution in [0, 0.1) is 0 Å². The van der Waals surface area contributed by atoms with Gasteiger partial charge in [0.05, 0.1) is 6.54 Å². The van der Waals surface area contributed by atoms with Gasteiger partial charge in [0.1, 0.15) is 18.8 Å². The Labute approximate surface area is 94.3 Å². The first kappa shape index (κ1) is 11.6. The molecule has 2 amide bonds. The molecule has 2 aliphatic heterocycles. The number of carbonyl (C=O) groups is 1. The number of piperidine rings is 1. The molecule has 0 aromatic rings. The Hall–Kier alpha value is -0.850.